The van der Waals surface area contributed by atoms with E-state index in [4.69, 9.17) is 0 Å². The molecule has 1 fully saturated rings. The molecule has 0 bridgehead atoms. The molecule has 35 heavy (non-hydrogen) atoms. The van der Waals surface area contributed by atoms with Crippen LogP contribution in [0.25, 0.3) is 32.0 Å². The van der Waals surface area contributed by atoms with Crippen molar-refractivity contribution in [3.8, 4) is 11.1 Å². The highest BCUT2D eigenvalue weighted by Gasteiger charge is 2.24. The van der Waals surface area contributed by atoms with Gasteiger partial charge in [0.1, 0.15) is 0 Å². The molecular formula is C29H31N3O2S. The molecule has 5 nitrogen and oxygen atoms in total. The van der Waals surface area contributed by atoms with Crippen molar-refractivity contribution >= 4 is 44.1 Å². The molecule has 5 rings (SSSR count). The fourth-order valence-corrected chi connectivity index (χ4v) is 5.56. The Hall–Kier alpha value is -3.38. The van der Waals surface area contributed by atoms with Crippen LogP contribution in [0, 0.1) is 5.92 Å². The zero-order valence-electron chi connectivity index (χ0n) is 20.0. The molecule has 1 heterocycles. The second-order valence-corrected chi connectivity index (χ2v) is 10.2. The summed E-state index contributed by atoms with van der Waals surface area (Å²) in [4.78, 5) is 23.6. The predicted molar refractivity (Wildman–Crippen MR) is 145 cm³/mol. The molecule has 1 aliphatic rings. The highest BCUT2D eigenvalue weighted by atomic mass is 32.1. The van der Waals surface area contributed by atoms with E-state index in [9.17, 15) is 9.59 Å². The van der Waals surface area contributed by atoms with Crippen molar-refractivity contribution in [2.75, 3.05) is 20.1 Å². The maximum Gasteiger partial charge on any atom is 0.314 e. The molecule has 0 aliphatic heterocycles. The highest BCUT2D eigenvalue weighted by molar-refractivity contribution is 7.17. The summed E-state index contributed by atoms with van der Waals surface area (Å²) in [5, 5.41) is 14.5. The van der Waals surface area contributed by atoms with Gasteiger partial charge in [0.2, 0.25) is 5.91 Å². The number of amides is 3. The molecule has 3 aromatic carbocycles. The SMILES string of the molecule is CNC(=O)NCCc1cccc2ccc(-c3ccc4scc(CCNC(=O)CC5CC5)c4c3)cc12. The van der Waals surface area contributed by atoms with Gasteiger partial charge in [0.25, 0.3) is 0 Å². The Morgan fingerprint density at radius 3 is 2.43 bits per heavy atom. The summed E-state index contributed by atoms with van der Waals surface area (Å²) in [6.07, 6.45) is 4.71. The van der Waals surface area contributed by atoms with Crippen molar-refractivity contribution in [3.63, 3.8) is 0 Å². The minimum atomic E-state index is -0.159. The molecule has 0 atom stereocenters. The molecule has 3 N–H and O–H groups in total. The summed E-state index contributed by atoms with van der Waals surface area (Å²) in [7, 11) is 1.63. The lowest BCUT2D eigenvalue weighted by atomic mass is 9.96. The van der Waals surface area contributed by atoms with Crippen LogP contribution in [0.4, 0.5) is 4.79 Å². The molecule has 0 spiro atoms. The van der Waals surface area contributed by atoms with Crippen molar-refractivity contribution in [1.29, 1.82) is 0 Å². The fraction of sp³-hybridized carbons (Fsp3) is 0.310. The molecule has 4 aromatic rings. The number of hydrogen-bond acceptors (Lipinski definition) is 3. The van der Waals surface area contributed by atoms with Gasteiger partial charge in [-0.05, 0) is 93.6 Å². The van der Waals surface area contributed by atoms with Crippen molar-refractivity contribution in [2.45, 2.75) is 32.1 Å². The van der Waals surface area contributed by atoms with Crippen LogP contribution in [0.15, 0.2) is 60.0 Å². The quantitative estimate of drug-likeness (QED) is 0.287. The van der Waals surface area contributed by atoms with E-state index in [1.54, 1.807) is 18.4 Å². The molecule has 0 saturated heterocycles. The van der Waals surface area contributed by atoms with E-state index in [0.29, 0.717) is 25.4 Å². The molecule has 180 valence electrons. The van der Waals surface area contributed by atoms with Crippen LogP contribution in [0.2, 0.25) is 0 Å². The zero-order chi connectivity index (χ0) is 24.2. The minimum absolute atomic E-state index is 0.159. The van der Waals surface area contributed by atoms with E-state index in [-0.39, 0.29) is 11.9 Å². The first-order valence-electron chi connectivity index (χ1n) is 12.3. The first kappa shape index (κ1) is 23.4. The number of carbonyl (C=O) groups is 2. The zero-order valence-corrected chi connectivity index (χ0v) is 20.8. The first-order valence-corrected chi connectivity index (χ1v) is 13.2. The third-order valence-corrected chi connectivity index (χ3v) is 7.77. The average molecular weight is 486 g/mol. The molecule has 0 radical (unpaired) electrons. The van der Waals surface area contributed by atoms with Gasteiger partial charge in [0.05, 0.1) is 0 Å². The number of carbonyl (C=O) groups excluding carboxylic acids is 2. The van der Waals surface area contributed by atoms with Crippen LogP contribution in [0.1, 0.15) is 30.4 Å². The topological polar surface area (TPSA) is 70.2 Å². The molecule has 1 saturated carbocycles. The standard InChI is InChI=1S/C29H31N3O2S/c1-30-29(34)32-14-11-21-4-2-3-20-7-8-22(16-25(20)21)23-9-10-27-26(17-23)24(18-35-27)12-13-31-28(33)15-19-5-6-19/h2-4,7-10,16-19H,5-6,11-15H2,1H3,(H,31,33)(H2,30,32,34). The van der Waals surface area contributed by atoms with Gasteiger partial charge in [0.15, 0.2) is 0 Å². The normalized spacial score (nSPS) is 13.2. The smallest absolute Gasteiger partial charge is 0.314 e. The number of benzene rings is 3. The number of urea groups is 1. The van der Waals surface area contributed by atoms with Gasteiger partial charge in [0, 0.05) is 31.3 Å². The van der Waals surface area contributed by atoms with Crippen LogP contribution in [0.5, 0.6) is 0 Å². The predicted octanol–water partition coefficient (Wildman–Crippen LogP) is 5.65. The minimum Gasteiger partial charge on any atom is -0.356 e. The Morgan fingerprint density at radius 2 is 1.63 bits per heavy atom. The van der Waals surface area contributed by atoms with E-state index >= 15 is 0 Å². The largest absolute Gasteiger partial charge is 0.356 e. The van der Waals surface area contributed by atoms with Crippen LogP contribution in [-0.2, 0) is 17.6 Å². The Balaban J connectivity index is 1.35. The van der Waals surface area contributed by atoms with Gasteiger partial charge in [-0.1, -0.05) is 36.4 Å². The van der Waals surface area contributed by atoms with Crippen LogP contribution in [0.3, 0.4) is 0 Å². The van der Waals surface area contributed by atoms with Gasteiger partial charge >= 0.3 is 6.03 Å². The van der Waals surface area contributed by atoms with E-state index in [1.807, 2.05) is 0 Å². The van der Waals surface area contributed by atoms with Crippen molar-refractivity contribution in [1.82, 2.24) is 16.0 Å². The Kier molecular flexibility index (Phi) is 7.00. The van der Waals surface area contributed by atoms with Gasteiger partial charge in [-0.3, -0.25) is 4.79 Å². The van der Waals surface area contributed by atoms with Crippen LogP contribution >= 0.6 is 11.3 Å². The molecular weight excluding hydrogens is 454 g/mol. The highest BCUT2D eigenvalue weighted by Crippen LogP contribution is 2.34. The second kappa shape index (κ2) is 10.5. The van der Waals surface area contributed by atoms with Crippen LogP contribution < -0.4 is 16.0 Å². The first-order chi connectivity index (χ1) is 17.1. The molecule has 1 aliphatic carbocycles. The Labute approximate surface area is 209 Å². The average Bonchev–Trinajstić information content (AvgIpc) is 3.60. The summed E-state index contributed by atoms with van der Waals surface area (Å²) in [5.74, 6) is 0.805. The lowest BCUT2D eigenvalue weighted by Crippen LogP contribution is -2.34. The Morgan fingerprint density at radius 1 is 0.886 bits per heavy atom. The summed E-state index contributed by atoms with van der Waals surface area (Å²) >= 11 is 1.76. The van der Waals surface area contributed by atoms with Gasteiger partial charge in [-0.15, -0.1) is 11.3 Å². The molecule has 1 aromatic heterocycles. The molecule has 3 amide bonds. The van der Waals surface area contributed by atoms with E-state index < -0.39 is 0 Å². The van der Waals surface area contributed by atoms with Gasteiger partial charge in [-0.2, -0.15) is 0 Å². The summed E-state index contributed by atoms with van der Waals surface area (Å²) in [5.41, 5.74) is 4.89. The second-order valence-electron chi connectivity index (χ2n) is 9.33. The van der Waals surface area contributed by atoms with Gasteiger partial charge in [-0.25, -0.2) is 4.79 Å². The summed E-state index contributed by atoms with van der Waals surface area (Å²) < 4.78 is 1.27. The number of rotatable bonds is 9. The summed E-state index contributed by atoms with van der Waals surface area (Å²) in [6.45, 7) is 1.27. The monoisotopic (exact) mass is 485 g/mol. The maximum atomic E-state index is 12.0. The van der Waals surface area contributed by atoms with Gasteiger partial charge < -0.3 is 16.0 Å². The van der Waals surface area contributed by atoms with Crippen LogP contribution in [-0.4, -0.2) is 32.1 Å². The van der Waals surface area contributed by atoms with Crippen molar-refractivity contribution in [2.24, 2.45) is 5.92 Å². The molecule has 0 unspecified atom stereocenters. The van der Waals surface area contributed by atoms with E-state index in [2.05, 4.69) is 75.9 Å². The van der Waals surface area contributed by atoms with Crippen molar-refractivity contribution in [3.05, 3.63) is 71.1 Å². The number of hydrogen-bond donors (Lipinski definition) is 3. The third-order valence-electron chi connectivity index (χ3n) is 6.75. The third kappa shape index (κ3) is 5.65. The van der Waals surface area contributed by atoms with E-state index in [1.165, 1.54) is 56.0 Å². The lowest BCUT2D eigenvalue weighted by Gasteiger charge is -2.11. The molecule has 6 heteroatoms. The van der Waals surface area contributed by atoms with E-state index in [0.717, 1.165) is 12.8 Å². The maximum absolute atomic E-state index is 12.0. The Bertz CT molecular complexity index is 1370. The van der Waals surface area contributed by atoms with Crippen molar-refractivity contribution < 1.29 is 9.59 Å². The summed E-state index contributed by atoms with van der Waals surface area (Å²) in [6, 6.07) is 19.5. The number of fused-ring (bicyclic) bond motifs is 2. The number of nitrogens with one attached hydrogen (secondary N) is 3. The number of thiophene rings is 1. The fourth-order valence-electron chi connectivity index (χ4n) is 4.58. The lowest BCUT2D eigenvalue weighted by molar-refractivity contribution is -0.121.